The lowest BCUT2D eigenvalue weighted by molar-refractivity contribution is -0.131. The van der Waals surface area contributed by atoms with Gasteiger partial charge in [-0.1, -0.05) is 34.6 Å². The van der Waals surface area contributed by atoms with Crippen LogP contribution < -0.4 is 5.32 Å². The quantitative estimate of drug-likeness (QED) is 0.836. The Hall–Kier alpha value is -0.570. The van der Waals surface area contributed by atoms with Crippen LogP contribution in [-0.4, -0.2) is 36.5 Å². The van der Waals surface area contributed by atoms with Crippen molar-refractivity contribution >= 4 is 5.91 Å². The predicted octanol–water partition coefficient (Wildman–Crippen LogP) is 2.66. The van der Waals surface area contributed by atoms with Gasteiger partial charge in [-0.25, -0.2) is 0 Å². The third-order valence-electron chi connectivity index (χ3n) is 3.99. The van der Waals surface area contributed by atoms with Crippen molar-refractivity contribution in [3.05, 3.63) is 0 Å². The molecule has 1 fully saturated rings. The summed E-state index contributed by atoms with van der Waals surface area (Å²) >= 11 is 0. The van der Waals surface area contributed by atoms with Crippen LogP contribution in [0.15, 0.2) is 0 Å². The van der Waals surface area contributed by atoms with E-state index in [2.05, 4.69) is 44.8 Å². The van der Waals surface area contributed by atoms with Gasteiger partial charge < -0.3 is 10.2 Å². The van der Waals surface area contributed by atoms with Crippen LogP contribution in [0.3, 0.4) is 0 Å². The Morgan fingerprint density at radius 2 is 2.06 bits per heavy atom. The van der Waals surface area contributed by atoms with E-state index >= 15 is 0 Å². The van der Waals surface area contributed by atoms with Crippen molar-refractivity contribution in [3.8, 4) is 0 Å². The van der Waals surface area contributed by atoms with Gasteiger partial charge in [0, 0.05) is 25.6 Å². The Morgan fingerprint density at radius 1 is 1.39 bits per heavy atom. The molecule has 0 bridgehead atoms. The lowest BCUT2D eigenvalue weighted by atomic mass is 9.86. The SMILES string of the molecule is CCNC(CN1CCC(C)CCC1=O)C(C)(C)C. The van der Waals surface area contributed by atoms with E-state index in [4.69, 9.17) is 0 Å². The molecule has 1 aliphatic rings. The summed E-state index contributed by atoms with van der Waals surface area (Å²) in [5.74, 6) is 1.03. The molecule has 1 rings (SSSR count). The molecule has 2 unspecified atom stereocenters. The van der Waals surface area contributed by atoms with Gasteiger partial charge in [-0.2, -0.15) is 0 Å². The van der Waals surface area contributed by atoms with Crippen molar-refractivity contribution in [2.24, 2.45) is 11.3 Å². The molecule has 0 saturated carbocycles. The van der Waals surface area contributed by atoms with Gasteiger partial charge in [-0.15, -0.1) is 0 Å². The maximum atomic E-state index is 12.1. The zero-order chi connectivity index (χ0) is 13.8. The van der Waals surface area contributed by atoms with Crippen LogP contribution in [0.2, 0.25) is 0 Å². The number of hydrogen-bond donors (Lipinski definition) is 1. The molecular formula is C15H30N2O. The molecule has 0 aliphatic carbocycles. The Bertz CT molecular complexity index is 270. The Balaban J connectivity index is 2.64. The van der Waals surface area contributed by atoms with Crippen LogP contribution in [0, 0.1) is 11.3 Å². The van der Waals surface area contributed by atoms with E-state index < -0.39 is 0 Å². The standard InChI is InChI=1S/C15H30N2O/c1-6-16-13(15(3,4)5)11-17-10-9-12(2)7-8-14(17)18/h12-13,16H,6-11H2,1-5H3. The van der Waals surface area contributed by atoms with Crippen molar-refractivity contribution in [2.75, 3.05) is 19.6 Å². The van der Waals surface area contributed by atoms with E-state index in [0.717, 1.165) is 38.9 Å². The number of amides is 1. The molecule has 1 amide bonds. The van der Waals surface area contributed by atoms with Crippen LogP contribution in [0.4, 0.5) is 0 Å². The molecule has 0 aromatic rings. The van der Waals surface area contributed by atoms with Crippen molar-refractivity contribution < 1.29 is 4.79 Å². The average molecular weight is 254 g/mol. The molecule has 18 heavy (non-hydrogen) atoms. The highest BCUT2D eigenvalue weighted by Crippen LogP contribution is 2.23. The van der Waals surface area contributed by atoms with E-state index in [1.165, 1.54) is 0 Å². The number of likely N-dealkylation sites (N-methyl/N-ethyl adjacent to an activating group) is 1. The lowest BCUT2D eigenvalue weighted by Gasteiger charge is -2.35. The minimum atomic E-state index is 0.189. The highest BCUT2D eigenvalue weighted by molar-refractivity contribution is 5.76. The van der Waals surface area contributed by atoms with Crippen LogP contribution in [-0.2, 0) is 4.79 Å². The topological polar surface area (TPSA) is 32.3 Å². The number of nitrogens with one attached hydrogen (secondary N) is 1. The smallest absolute Gasteiger partial charge is 0.222 e. The third-order valence-corrected chi connectivity index (χ3v) is 3.99. The largest absolute Gasteiger partial charge is 0.341 e. The van der Waals surface area contributed by atoms with Crippen molar-refractivity contribution in [1.82, 2.24) is 10.2 Å². The van der Waals surface area contributed by atoms with E-state index in [-0.39, 0.29) is 5.41 Å². The van der Waals surface area contributed by atoms with E-state index in [9.17, 15) is 4.79 Å². The molecule has 106 valence electrons. The van der Waals surface area contributed by atoms with Gasteiger partial charge in [0.25, 0.3) is 0 Å². The van der Waals surface area contributed by atoms with Crippen LogP contribution >= 0.6 is 0 Å². The van der Waals surface area contributed by atoms with Gasteiger partial charge in [0.15, 0.2) is 0 Å². The molecule has 2 atom stereocenters. The number of hydrogen-bond acceptors (Lipinski definition) is 2. The average Bonchev–Trinajstić information content (AvgIpc) is 2.42. The van der Waals surface area contributed by atoms with Gasteiger partial charge in [0.05, 0.1) is 0 Å². The molecule has 0 spiro atoms. The number of rotatable bonds is 4. The molecule has 1 heterocycles. The Kier molecular flexibility index (Phi) is 5.64. The first-order chi connectivity index (χ1) is 8.34. The van der Waals surface area contributed by atoms with Crippen LogP contribution in [0.5, 0.6) is 0 Å². The van der Waals surface area contributed by atoms with E-state index in [1.54, 1.807) is 0 Å². The second-order valence-electron chi connectivity index (χ2n) is 6.75. The molecule has 1 N–H and O–H groups in total. The third kappa shape index (κ3) is 4.60. The van der Waals surface area contributed by atoms with Crippen LogP contribution in [0.1, 0.15) is 53.9 Å². The number of nitrogens with zero attached hydrogens (tertiary/aromatic N) is 1. The summed E-state index contributed by atoms with van der Waals surface area (Å²) in [4.78, 5) is 14.2. The lowest BCUT2D eigenvalue weighted by Crippen LogP contribution is -2.50. The number of likely N-dealkylation sites (tertiary alicyclic amines) is 1. The summed E-state index contributed by atoms with van der Waals surface area (Å²) in [5.41, 5.74) is 0.189. The molecule has 3 heteroatoms. The second kappa shape index (κ2) is 6.55. The summed E-state index contributed by atoms with van der Waals surface area (Å²) in [6.45, 7) is 13.8. The highest BCUT2D eigenvalue weighted by atomic mass is 16.2. The van der Waals surface area contributed by atoms with Gasteiger partial charge in [0.1, 0.15) is 0 Å². The minimum absolute atomic E-state index is 0.189. The van der Waals surface area contributed by atoms with Crippen molar-refractivity contribution in [2.45, 2.75) is 59.9 Å². The highest BCUT2D eigenvalue weighted by Gasteiger charge is 2.29. The fourth-order valence-corrected chi connectivity index (χ4v) is 2.48. The van der Waals surface area contributed by atoms with Crippen LogP contribution in [0.25, 0.3) is 0 Å². The number of carbonyl (C=O) groups excluding carboxylic acids is 1. The maximum Gasteiger partial charge on any atom is 0.222 e. The minimum Gasteiger partial charge on any atom is -0.341 e. The normalized spacial score (nSPS) is 23.9. The summed E-state index contributed by atoms with van der Waals surface area (Å²) < 4.78 is 0. The predicted molar refractivity (Wildman–Crippen MR) is 76.5 cm³/mol. The fraction of sp³-hybridized carbons (Fsp3) is 0.933. The first-order valence-electron chi connectivity index (χ1n) is 7.35. The molecule has 0 radical (unpaired) electrons. The summed E-state index contributed by atoms with van der Waals surface area (Å²) in [5, 5.41) is 3.53. The van der Waals surface area contributed by atoms with E-state index in [1.807, 2.05) is 0 Å². The fourth-order valence-electron chi connectivity index (χ4n) is 2.48. The molecule has 1 aliphatic heterocycles. The Labute approximate surface area is 112 Å². The van der Waals surface area contributed by atoms with Gasteiger partial charge >= 0.3 is 0 Å². The first kappa shape index (κ1) is 15.5. The van der Waals surface area contributed by atoms with E-state index in [0.29, 0.717) is 17.9 Å². The first-order valence-corrected chi connectivity index (χ1v) is 7.35. The van der Waals surface area contributed by atoms with Crippen molar-refractivity contribution in [3.63, 3.8) is 0 Å². The van der Waals surface area contributed by atoms with Gasteiger partial charge in [0.2, 0.25) is 5.91 Å². The Morgan fingerprint density at radius 3 is 2.61 bits per heavy atom. The van der Waals surface area contributed by atoms with Crippen molar-refractivity contribution in [1.29, 1.82) is 0 Å². The zero-order valence-electron chi connectivity index (χ0n) is 12.8. The molecule has 0 aromatic heterocycles. The monoisotopic (exact) mass is 254 g/mol. The zero-order valence-corrected chi connectivity index (χ0v) is 12.8. The summed E-state index contributed by atoms with van der Waals surface area (Å²) in [6, 6.07) is 0.375. The second-order valence-corrected chi connectivity index (χ2v) is 6.75. The maximum absolute atomic E-state index is 12.1. The van der Waals surface area contributed by atoms with Gasteiger partial charge in [-0.05, 0) is 30.7 Å². The molecule has 0 aromatic carbocycles. The number of carbonyl (C=O) groups is 1. The molecule has 3 nitrogen and oxygen atoms in total. The van der Waals surface area contributed by atoms with Gasteiger partial charge in [-0.3, -0.25) is 4.79 Å². The molecule has 1 saturated heterocycles. The molecular weight excluding hydrogens is 224 g/mol. The summed E-state index contributed by atoms with van der Waals surface area (Å²) in [6.07, 6.45) is 2.93. The summed E-state index contributed by atoms with van der Waals surface area (Å²) in [7, 11) is 0.